The molecular formula is C26H23NO6. The van der Waals surface area contributed by atoms with E-state index >= 15 is 0 Å². The number of phenols is 3. The molecule has 5 N–H and O–H groups in total. The zero-order valence-corrected chi connectivity index (χ0v) is 18.2. The number of carbonyl (C=O) groups is 2. The predicted octanol–water partition coefficient (Wildman–Crippen LogP) is 4.67. The molecule has 0 saturated heterocycles. The fraction of sp³-hybridized carbons (Fsp3) is 0.154. The van der Waals surface area contributed by atoms with Gasteiger partial charge in [0.25, 0.3) is 0 Å². The summed E-state index contributed by atoms with van der Waals surface area (Å²) in [5.74, 6) is -2.87. The van der Waals surface area contributed by atoms with Gasteiger partial charge in [-0.15, -0.1) is 0 Å². The Kier molecular flexibility index (Phi) is 5.55. The van der Waals surface area contributed by atoms with Gasteiger partial charge in [-0.3, -0.25) is 9.59 Å². The third-order valence-corrected chi connectivity index (χ3v) is 5.79. The van der Waals surface area contributed by atoms with Crippen molar-refractivity contribution < 1.29 is 29.3 Å². The molecule has 4 aromatic rings. The first-order valence-electron chi connectivity index (χ1n) is 10.5. The van der Waals surface area contributed by atoms with Gasteiger partial charge in [-0.1, -0.05) is 26.0 Å². The number of nitrogens with two attached hydrogens (primary N) is 1. The maximum Gasteiger partial charge on any atom is 0.248 e. The third kappa shape index (κ3) is 3.78. The Bertz CT molecular complexity index is 1390. The van der Waals surface area contributed by atoms with Crippen LogP contribution < -0.4 is 5.73 Å². The summed E-state index contributed by atoms with van der Waals surface area (Å²) >= 11 is 0. The number of rotatable bonds is 6. The highest BCUT2D eigenvalue weighted by molar-refractivity contribution is 6.09. The molecule has 0 unspecified atom stereocenters. The van der Waals surface area contributed by atoms with Crippen LogP contribution in [0.25, 0.3) is 22.1 Å². The lowest BCUT2D eigenvalue weighted by Gasteiger charge is -2.16. The van der Waals surface area contributed by atoms with Gasteiger partial charge < -0.3 is 25.5 Å². The lowest BCUT2D eigenvalue weighted by Crippen LogP contribution is -2.15. The van der Waals surface area contributed by atoms with Crippen LogP contribution in [0.1, 0.15) is 51.5 Å². The fourth-order valence-corrected chi connectivity index (χ4v) is 4.20. The Balaban J connectivity index is 1.78. The maximum absolute atomic E-state index is 12.8. The van der Waals surface area contributed by atoms with Crippen molar-refractivity contribution >= 4 is 22.7 Å². The summed E-state index contributed by atoms with van der Waals surface area (Å²) in [7, 11) is 0. The number of benzene rings is 3. The van der Waals surface area contributed by atoms with Gasteiger partial charge in [-0.05, 0) is 71.5 Å². The molecule has 168 valence electrons. The number of hydrogen-bond donors (Lipinski definition) is 4. The third-order valence-electron chi connectivity index (χ3n) is 5.79. The highest BCUT2D eigenvalue weighted by Crippen LogP contribution is 2.37. The number of amides is 1. The van der Waals surface area contributed by atoms with Gasteiger partial charge in [0.15, 0.2) is 23.0 Å². The van der Waals surface area contributed by atoms with Gasteiger partial charge in [0.1, 0.15) is 5.58 Å². The summed E-state index contributed by atoms with van der Waals surface area (Å²) in [6.45, 7) is 4.01. The minimum absolute atomic E-state index is 0.0232. The van der Waals surface area contributed by atoms with Gasteiger partial charge in [0, 0.05) is 16.5 Å². The van der Waals surface area contributed by atoms with Gasteiger partial charge in [-0.2, -0.15) is 0 Å². The second-order valence-electron chi connectivity index (χ2n) is 7.74. The monoisotopic (exact) mass is 445 g/mol. The molecule has 0 bridgehead atoms. The first-order chi connectivity index (χ1) is 15.7. The number of aromatic hydroxyl groups is 3. The van der Waals surface area contributed by atoms with Crippen molar-refractivity contribution in [2.24, 2.45) is 5.73 Å². The second kappa shape index (κ2) is 8.35. The highest BCUT2D eigenvalue weighted by Gasteiger charge is 2.20. The van der Waals surface area contributed by atoms with Crippen LogP contribution in [-0.2, 0) is 12.8 Å². The van der Waals surface area contributed by atoms with E-state index in [0.717, 1.165) is 40.8 Å². The van der Waals surface area contributed by atoms with E-state index in [-0.39, 0.29) is 11.3 Å². The van der Waals surface area contributed by atoms with Crippen LogP contribution in [0, 0.1) is 0 Å². The van der Waals surface area contributed by atoms with Crippen molar-refractivity contribution in [1.29, 1.82) is 0 Å². The van der Waals surface area contributed by atoms with E-state index in [2.05, 4.69) is 0 Å². The summed E-state index contributed by atoms with van der Waals surface area (Å²) in [5, 5.41) is 29.6. The maximum atomic E-state index is 12.8. The van der Waals surface area contributed by atoms with Crippen LogP contribution in [0.3, 0.4) is 0 Å². The Hall–Kier alpha value is -4.26. The van der Waals surface area contributed by atoms with Crippen LogP contribution >= 0.6 is 0 Å². The largest absolute Gasteiger partial charge is 0.504 e. The molecular weight excluding hydrogens is 422 g/mol. The lowest BCUT2D eigenvalue weighted by molar-refractivity contribution is 0.0995. The number of fused-ring (bicyclic) bond motifs is 1. The first kappa shape index (κ1) is 22.0. The minimum Gasteiger partial charge on any atom is -0.504 e. The van der Waals surface area contributed by atoms with Gasteiger partial charge in [0.2, 0.25) is 11.7 Å². The Morgan fingerprint density at radius 1 is 0.879 bits per heavy atom. The molecule has 0 aliphatic carbocycles. The SMILES string of the molecule is CCc1c(C(N)=O)ccc(-c2ccc3oc(C(=O)c4cc(O)c(O)c(O)c4)cc3c2)c1CC. The molecule has 7 heteroatoms. The van der Waals surface area contributed by atoms with E-state index in [1.54, 1.807) is 18.2 Å². The summed E-state index contributed by atoms with van der Waals surface area (Å²) in [6, 6.07) is 12.9. The number of primary amides is 1. The van der Waals surface area contributed by atoms with E-state index in [1.165, 1.54) is 0 Å². The number of carbonyl (C=O) groups excluding carboxylic acids is 2. The predicted molar refractivity (Wildman–Crippen MR) is 124 cm³/mol. The molecule has 0 radical (unpaired) electrons. The molecule has 0 spiro atoms. The lowest BCUT2D eigenvalue weighted by atomic mass is 9.89. The first-order valence-corrected chi connectivity index (χ1v) is 10.5. The van der Waals surface area contributed by atoms with Crippen molar-refractivity contribution in [3.63, 3.8) is 0 Å². The number of furan rings is 1. The molecule has 1 amide bonds. The molecule has 0 fully saturated rings. The Labute approximate surface area is 189 Å². The number of phenolic OH excluding ortho intramolecular Hbond substituents is 3. The summed E-state index contributed by atoms with van der Waals surface area (Å²) in [5.41, 5.74) is 10.4. The Morgan fingerprint density at radius 3 is 2.15 bits per heavy atom. The van der Waals surface area contributed by atoms with Crippen LogP contribution in [-0.4, -0.2) is 27.0 Å². The van der Waals surface area contributed by atoms with Crippen molar-refractivity contribution in [1.82, 2.24) is 0 Å². The standard InChI is InChI=1S/C26H23NO6/c1-3-16-17(4-2)19(26(27)32)7-6-18(16)13-5-8-22-14(9-13)12-23(33-22)24(30)15-10-20(28)25(31)21(29)11-15/h5-12,28-29,31H,3-4H2,1-2H3,(H2,27,32). The summed E-state index contributed by atoms with van der Waals surface area (Å²) in [4.78, 5) is 24.7. The van der Waals surface area contributed by atoms with E-state index in [0.29, 0.717) is 23.0 Å². The zero-order valence-electron chi connectivity index (χ0n) is 18.2. The van der Waals surface area contributed by atoms with Crippen molar-refractivity contribution in [3.05, 3.63) is 76.5 Å². The van der Waals surface area contributed by atoms with Crippen LogP contribution in [0.4, 0.5) is 0 Å². The van der Waals surface area contributed by atoms with Gasteiger partial charge in [0.05, 0.1) is 0 Å². The smallest absolute Gasteiger partial charge is 0.248 e. The van der Waals surface area contributed by atoms with Gasteiger partial charge in [-0.25, -0.2) is 0 Å². The van der Waals surface area contributed by atoms with Crippen LogP contribution in [0.5, 0.6) is 17.2 Å². The van der Waals surface area contributed by atoms with E-state index in [1.807, 2.05) is 32.0 Å². The molecule has 1 aromatic heterocycles. The number of ketones is 1. The Morgan fingerprint density at radius 2 is 1.55 bits per heavy atom. The zero-order chi connectivity index (χ0) is 23.9. The normalized spacial score (nSPS) is 11.1. The van der Waals surface area contributed by atoms with E-state index in [9.17, 15) is 24.9 Å². The average Bonchev–Trinajstić information content (AvgIpc) is 3.23. The average molecular weight is 445 g/mol. The fourth-order valence-electron chi connectivity index (χ4n) is 4.20. The second-order valence-corrected chi connectivity index (χ2v) is 7.74. The van der Waals surface area contributed by atoms with Crippen molar-refractivity contribution in [2.75, 3.05) is 0 Å². The molecule has 1 heterocycles. The van der Waals surface area contributed by atoms with Gasteiger partial charge >= 0.3 is 0 Å². The summed E-state index contributed by atoms with van der Waals surface area (Å²) < 4.78 is 5.70. The van der Waals surface area contributed by atoms with E-state index in [4.69, 9.17) is 10.2 Å². The molecule has 7 nitrogen and oxygen atoms in total. The molecule has 3 aromatic carbocycles. The molecule has 33 heavy (non-hydrogen) atoms. The van der Waals surface area contributed by atoms with Crippen LogP contribution in [0.15, 0.2) is 52.9 Å². The molecule has 0 saturated carbocycles. The summed E-state index contributed by atoms with van der Waals surface area (Å²) in [6.07, 6.45) is 1.40. The quantitative estimate of drug-likeness (QED) is 0.252. The van der Waals surface area contributed by atoms with Crippen LogP contribution in [0.2, 0.25) is 0 Å². The van der Waals surface area contributed by atoms with E-state index < -0.39 is 28.9 Å². The molecule has 0 aliphatic rings. The topological polar surface area (TPSA) is 134 Å². The number of hydrogen-bond acceptors (Lipinski definition) is 6. The molecule has 4 rings (SSSR count). The minimum atomic E-state index is -0.693. The molecule has 0 aliphatic heterocycles. The van der Waals surface area contributed by atoms with Crippen molar-refractivity contribution in [2.45, 2.75) is 26.7 Å². The van der Waals surface area contributed by atoms with Crippen molar-refractivity contribution in [3.8, 4) is 28.4 Å². The molecule has 0 atom stereocenters. The highest BCUT2D eigenvalue weighted by atomic mass is 16.3.